The van der Waals surface area contributed by atoms with Crippen LogP contribution in [0.4, 0.5) is 0 Å². The maximum absolute atomic E-state index is 11.8. The molecule has 0 N–H and O–H groups in total. The molecule has 34 heavy (non-hydrogen) atoms. The first-order chi connectivity index (χ1) is 16.6. The van der Waals surface area contributed by atoms with Crippen LogP contribution in [0.15, 0.2) is 24.3 Å². The van der Waals surface area contributed by atoms with Crippen LogP contribution in [0.1, 0.15) is 134 Å². The van der Waals surface area contributed by atoms with Crippen LogP contribution in [-0.4, -0.2) is 18.5 Å². The summed E-state index contributed by atoms with van der Waals surface area (Å²) in [6.45, 7) is 5.07. The summed E-state index contributed by atoms with van der Waals surface area (Å²) in [6.07, 6.45) is 20.9. The lowest BCUT2D eigenvalue weighted by Gasteiger charge is -2.06. The minimum atomic E-state index is -0.268. The molecule has 0 aromatic heterocycles. The quantitative estimate of drug-likeness (QED) is 0.125. The van der Waals surface area contributed by atoms with E-state index in [0.717, 1.165) is 18.4 Å². The molecular weight excluding hydrogens is 424 g/mol. The topological polar surface area (TPSA) is 52.6 Å². The Bertz CT molecular complexity index is 623. The van der Waals surface area contributed by atoms with Crippen molar-refractivity contribution in [1.82, 2.24) is 0 Å². The first-order valence-corrected chi connectivity index (χ1v) is 14.0. The fourth-order valence-electron chi connectivity index (χ4n) is 4.03. The molecule has 4 nitrogen and oxygen atoms in total. The minimum Gasteiger partial charge on any atom is -0.466 e. The van der Waals surface area contributed by atoms with Gasteiger partial charge in [-0.2, -0.15) is 0 Å². The van der Waals surface area contributed by atoms with E-state index in [9.17, 15) is 9.59 Å². The van der Waals surface area contributed by atoms with Crippen molar-refractivity contribution < 1.29 is 19.1 Å². The van der Waals surface area contributed by atoms with E-state index in [1.165, 1.54) is 89.0 Å². The van der Waals surface area contributed by atoms with E-state index >= 15 is 0 Å². The predicted octanol–water partition coefficient (Wildman–Crippen LogP) is 8.62. The van der Waals surface area contributed by atoms with E-state index < -0.39 is 0 Å². The van der Waals surface area contributed by atoms with Crippen molar-refractivity contribution >= 4 is 11.9 Å². The summed E-state index contributed by atoms with van der Waals surface area (Å²) in [7, 11) is 0. The Labute approximate surface area is 209 Å². The number of hydrogen-bond donors (Lipinski definition) is 0. The van der Waals surface area contributed by atoms with Crippen molar-refractivity contribution in [3.05, 3.63) is 35.4 Å². The van der Waals surface area contributed by atoms with Gasteiger partial charge in [-0.3, -0.25) is 9.59 Å². The molecule has 0 aliphatic rings. The van der Waals surface area contributed by atoms with Crippen molar-refractivity contribution in [2.75, 3.05) is 6.61 Å². The molecule has 1 aromatic carbocycles. The molecule has 0 fully saturated rings. The molecule has 0 bridgehead atoms. The Morgan fingerprint density at radius 2 is 1.03 bits per heavy atom. The second-order valence-electron chi connectivity index (χ2n) is 9.67. The van der Waals surface area contributed by atoms with Crippen molar-refractivity contribution in [3.63, 3.8) is 0 Å². The van der Waals surface area contributed by atoms with E-state index in [0.29, 0.717) is 13.0 Å². The third-order valence-corrected chi connectivity index (χ3v) is 6.29. The van der Waals surface area contributed by atoms with Gasteiger partial charge in [-0.25, -0.2) is 0 Å². The smallest absolute Gasteiger partial charge is 0.306 e. The van der Waals surface area contributed by atoms with Crippen molar-refractivity contribution in [3.8, 4) is 0 Å². The third-order valence-electron chi connectivity index (χ3n) is 6.29. The maximum atomic E-state index is 11.8. The lowest BCUT2D eigenvalue weighted by Crippen LogP contribution is -2.09. The molecule has 0 aliphatic carbocycles. The number of esters is 2. The zero-order valence-electron chi connectivity index (χ0n) is 22.1. The molecular formula is C30H50O4. The number of benzene rings is 1. The summed E-state index contributed by atoms with van der Waals surface area (Å²) in [6, 6.07) is 7.91. The van der Waals surface area contributed by atoms with Gasteiger partial charge >= 0.3 is 11.9 Å². The normalized spacial score (nSPS) is 10.9. The Morgan fingerprint density at radius 3 is 1.53 bits per heavy atom. The predicted molar refractivity (Wildman–Crippen MR) is 141 cm³/mol. The molecule has 0 amide bonds. The summed E-state index contributed by atoms with van der Waals surface area (Å²) >= 11 is 0. The molecule has 0 atom stereocenters. The van der Waals surface area contributed by atoms with Crippen LogP contribution in [0.2, 0.25) is 0 Å². The monoisotopic (exact) mass is 474 g/mol. The zero-order valence-corrected chi connectivity index (χ0v) is 22.1. The molecule has 0 spiro atoms. The molecule has 1 rings (SSSR count). The number of carbonyl (C=O) groups excluding carboxylic acids is 2. The minimum absolute atomic E-state index is 0.211. The fraction of sp³-hybridized carbons (Fsp3) is 0.733. The molecule has 0 aliphatic heterocycles. The zero-order chi connectivity index (χ0) is 24.7. The highest BCUT2D eigenvalue weighted by Crippen LogP contribution is 2.13. The first kappa shape index (κ1) is 30.2. The number of ether oxygens (including phenoxy) is 2. The molecule has 0 radical (unpaired) electrons. The van der Waals surface area contributed by atoms with Gasteiger partial charge in [-0.15, -0.1) is 0 Å². The SMILES string of the molecule is CCCCCCCCCCCCCCCCCOC(=O)CCCC(=O)OCc1ccc(C)cc1. The Morgan fingerprint density at radius 1 is 0.588 bits per heavy atom. The van der Waals surface area contributed by atoms with Gasteiger partial charge in [0.1, 0.15) is 6.61 Å². The number of hydrogen-bond acceptors (Lipinski definition) is 4. The lowest BCUT2D eigenvalue weighted by molar-refractivity contribution is -0.146. The standard InChI is InChI=1S/C30H50O4/c1-3-4-5-6-7-8-9-10-11-12-13-14-15-16-17-25-33-29(31)19-18-20-30(32)34-26-28-23-21-27(2)22-24-28/h21-24H,3-20,25-26H2,1-2H3. The van der Waals surface area contributed by atoms with Crippen LogP contribution in [0.5, 0.6) is 0 Å². The summed E-state index contributed by atoms with van der Waals surface area (Å²) in [5, 5.41) is 0. The van der Waals surface area contributed by atoms with Gasteiger partial charge in [0.25, 0.3) is 0 Å². The van der Waals surface area contributed by atoms with E-state index in [1.54, 1.807) is 0 Å². The van der Waals surface area contributed by atoms with Gasteiger partial charge in [0.05, 0.1) is 6.61 Å². The van der Waals surface area contributed by atoms with Gasteiger partial charge in [0.15, 0.2) is 0 Å². The second kappa shape index (κ2) is 21.7. The summed E-state index contributed by atoms with van der Waals surface area (Å²) in [5.41, 5.74) is 2.15. The average Bonchev–Trinajstić information content (AvgIpc) is 2.83. The molecule has 0 saturated carbocycles. The van der Waals surface area contributed by atoms with E-state index in [-0.39, 0.29) is 31.4 Å². The van der Waals surface area contributed by atoms with Crippen molar-refractivity contribution in [2.24, 2.45) is 0 Å². The molecule has 1 aromatic rings. The van der Waals surface area contributed by atoms with Crippen LogP contribution in [0.3, 0.4) is 0 Å². The highest BCUT2D eigenvalue weighted by Gasteiger charge is 2.08. The molecule has 4 heteroatoms. The maximum Gasteiger partial charge on any atom is 0.306 e. The molecule has 0 heterocycles. The van der Waals surface area contributed by atoms with Crippen LogP contribution < -0.4 is 0 Å². The second-order valence-corrected chi connectivity index (χ2v) is 9.67. The Balaban J connectivity index is 1.81. The number of aryl methyl sites for hydroxylation is 1. The highest BCUT2D eigenvalue weighted by atomic mass is 16.5. The van der Waals surface area contributed by atoms with Crippen LogP contribution in [0.25, 0.3) is 0 Å². The van der Waals surface area contributed by atoms with Crippen molar-refractivity contribution in [1.29, 1.82) is 0 Å². The first-order valence-electron chi connectivity index (χ1n) is 14.0. The number of unbranched alkanes of at least 4 members (excludes halogenated alkanes) is 14. The van der Waals surface area contributed by atoms with Gasteiger partial charge in [-0.05, 0) is 25.3 Å². The van der Waals surface area contributed by atoms with Gasteiger partial charge in [-0.1, -0.05) is 127 Å². The Hall–Kier alpha value is -1.84. The highest BCUT2D eigenvalue weighted by molar-refractivity contribution is 5.72. The van der Waals surface area contributed by atoms with E-state index in [4.69, 9.17) is 9.47 Å². The van der Waals surface area contributed by atoms with E-state index in [1.807, 2.05) is 31.2 Å². The van der Waals surface area contributed by atoms with Crippen LogP contribution in [0, 0.1) is 6.92 Å². The largest absolute Gasteiger partial charge is 0.466 e. The van der Waals surface area contributed by atoms with Crippen molar-refractivity contribution in [2.45, 2.75) is 136 Å². The lowest BCUT2D eigenvalue weighted by atomic mass is 10.0. The van der Waals surface area contributed by atoms with Gasteiger partial charge in [0.2, 0.25) is 0 Å². The number of carbonyl (C=O) groups is 2. The van der Waals surface area contributed by atoms with E-state index in [2.05, 4.69) is 6.92 Å². The summed E-state index contributed by atoms with van der Waals surface area (Å²) in [4.78, 5) is 23.6. The molecule has 194 valence electrons. The number of rotatable bonds is 22. The third kappa shape index (κ3) is 18.6. The Kier molecular flexibility index (Phi) is 19.2. The van der Waals surface area contributed by atoms with Crippen LogP contribution >= 0.6 is 0 Å². The van der Waals surface area contributed by atoms with Crippen LogP contribution in [-0.2, 0) is 25.7 Å². The average molecular weight is 475 g/mol. The fourth-order valence-corrected chi connectivity index (χ4v) is 4.03. The van der Waals surface area contributed by atoms with Gasteiger partial charge < -0.3 is 9.47 Å². The molecule has 0 unspecified atom stereocenters. The summed E-state index contributed by atoms with van der Waals surface area (Å²) < 4.78 is 10.5. The van der Waals surface area contributed by atoms with Gasteiger partial charge in [0, 0.05) is 12.8 Å². The summed E-state index contributed by atoms with van der Waals surface area (Å²) in [5.74, 6) is -0.479. The molecule has 0 saturated heterocycles.